The van der Waals surface area contributed by atoms with Crippen molar-refractivity contribution in [2.24, 2.45) is 11.7 Å². The Hall–Kier alpha value is -1.99. The van der Waals surface area contributed by atoms with Gasteiger partial charge in [0.15, 0.2) is 0 Å². The van der Waals surface area contributed by atoms with Crippen LogP contribution in [0.3, 0.4) is 0 Å². The Balaban J connectivity index is 2.13. The SMILES string of the molecule is NC(=O)NCCNC(=O)N[C@H]1CC[C@@H](C(=O)O)C1. The van der Waals surface area contributed by atoms with E-state index in [0.717, 1.165) is 0 Å². The summed E-state index contributed by atoms with van der Waals surface area (Å²) < 4.78 is 0. The van der Waals surface area contributed by atoms with Gasteiger partial charge in [0, 0.05) is 19.1 Å². The zero-order valence-corrected chi connectivity index (χ0v) is 9.94. The molecule has 1 aliphatic carbocycles. The molecular weight excluding hydrogens is 240 g/mol. The number of nitrogens with two attached hydrogens (primary N) is 1. The van der Waals surface area contributed by atoms with E-state index in [4.69, 9.17) is 10.8 Å². The Labute approximate surface area is 104 Å². The molecule has 0 radical (unpaired) electrons. The molecule has 0 bridgehead atoms. The number of carbonyl (C=O) groups excluding carboxylic acids is 2. The smallest absolute Gasteiger partial charge is 0.315 e. The summed E-state index contributed by atoms with van der Waals surface area (Å²) in [6.45, 7) is 0.523. The van der Waals surface area contributed by atoms with Crippen molar-refractivity contribution < 1.29 is 19.5 Å². The van der Waals surface area contributed by atoms with Gasteiger partial charge in [-0.05, 0) is 19.3 Å². The van der Waals surface area contributed by atoms with E-state index in [-0.39, 0.29) is 31.1 Å². The lowest BCUT2D eigenvalue weighted by atomic mass is 10.1. The minimum atomic E-state index is -0.814. The number of carboxylic acids is 1. The van der Waals surface area contributed by atoms with Crippen molar-refractivity contribution in [3.05, 3.63) is 0 Å². The van der Waals surface area contributed by atoms with Crippen LogP contribution < -0.4 is 21.7 Å². The first-order chi connectivity index (χ1) is 8.49. The first-order valence-electron chi connectivity index (χ1n) is 5.79. The van der Waals surface area contributed by atoms with E-state index in [0.29, 0.717) is 19.3 Å². The van der Waals surface area contributed by atoms with Crippen LogP contribution in [0.1, 0.15) is 19.3 Å². The van der Waals surface area contributed by atoms with Crippen LogP contribution in [0.15, 0.2) is 0 Å². The van der Waals surface area contributed by atoms with E-state index in [2.05, 4.69) is 16.0 Å². The van der Waals surface area contributed by atoms with Gasteiger partial charge < -0.3 is 26.8 Å². The predicted molar refractivity (Wildman–Crippen MR) is 62.9 cm³/mol. The molecule has 1 fully saturated rings. The molecule has 0 aliphatic heterocycles. The number of amides is 4. The molecule has 8 nitrogen and oxygen atoms in total. The van der Waals surface area contributed by atoms with E-state index < -0.39 is 12.0 Å². The Morgan fingerprint density at radius 2 is 1.83 bits per heavy atom. The molecule has 0 spiro atoms. The van der Waals surface area contributed by atoms with Crippen LogP contribution in [0.5, 0.6) is 0 Å². The molecule has 0 aromatic rings. The lowest BCUT2D eigenvalue weighted by molar-refractivity contribution is -0.141. The molecule has 1 aliphatic rings. The first kappa shape index (κ1) is 14.1. The molecule has 0 unspecified atom stereocenters. The van der Waals surface area contributed by atoms with Gasteiger partial charge in [0.2, 0.25) is 0 Å². The van der Waals surface area contributed by atoms with Gasteiger partial charge in [0.1, 0.15) is 0 Å². The van der Waals surface area contributed by atoms with Gasteiger partial charge in [-0.3, -0.25) is 4.79 Å². The zero-order chi connectivity index (χ0) is 13.5. The molecular formula is C10H18N4O4. The lowest BCUT2D eigenvalue weighted by Crippen LogP contribution is -2.44. The van der Waals surface area contributed by atoms with Gasteiger partial charge in [-0.15, -0.1) is 0 Å². The Morgan fingerprint density at radius 1 is 1.17 bits per heavy atom. The molecule has 2 atom stereocenters. The van der Waals surface area contributed by atoms with Gasteiger partial charge in [-0.2, -0.15) is 0 Å². The molecule has 1 saturated carbocycles. The van der Waals surface area contributed by atoms with Gasteiger partial charge in [-0.25, -0.2) is 9.59 Å². The number of primary amides is 1. The van der Waals surface area contributed by atoms with Gasteiger partial charge >= 0.3 is 18.0 Å². The minimum absolute atomic E-state index is 0.102. The fourth-order valence-corrected chi connectivity index (χ4v) is 1.94. The summed E-state index contributed by atoms with van der Waals surface area (Å²) in [7, 11) is 0. The molecule has 8 heteroatoms. The second-order valence-corrected chi connectivity index (χ2v) is 4.24. The third kappa shape index (κ3) is 4.89. The van der Waals surface area contributed by atoms with E-state index in [1.165, 1.54) is 0 Å². The van der Waals surface area contributed by atoms with Crippen molar-refractivity contribution in [2.75, 3.05) is 13.1 Å². The molecule has 0 heterocycles. The molecule has 18 heavy (non-hydrogen) atoms. The molecule has 0 aromatic carbocycles. The Morgan fingerprint density at radius 3 is 2.39 bits per heavy atom. The number of aliphatic carboxylic acids is 1. The lowest BCUT2D eigenvalue weighted by Gasteiger charge is -2.13. The maximum atomic E-state index is 11.4. The van der Waals surface area contributed by atoms with Crippen molar-refractivity contribution in [1.82, 2.24) is 16.0 Å². The quantitative estimate of drug-likeness (QED) is 0.413. The number of hydrogen-bond acceptors (Lipinski definition) is 3. The van der Waals surface area contributed by atoms with Crippen LogP contribution in [0.25, 0.3) is 0 Å². The standard InChI is InChI=1S/C10H18N4O4/c11-9(17)12-3-4-13-10(18)14-7-2-1-6(5-7)8(15)16/h6-7H,1-5H2,(H,15,16)(H3,11,12,17)(H2,13,14,18)/t6-,7+/m1/s1. The average Bonchev–Trinajstić information content (AvgIpc) is 2.72. The van der Waals surface area contributed by atoms with E-state index in [1.54, 1.807) is 0 Å². The van der Waals surface area contributed by atoms with Crippen LogP contribution in [-0.4, -0.2) is 42.3 Å². The van der Waals surface area contributed by atoms with E-state index >= 15 is 0 Å². The molecule has 6 N–H and O–H groups in total. The zero-order valence-electron chi connectivity index (χ0n) is 9.94. The second kappa shape index (κ2) is 6.67. The van der Waals surface area contributed by atoms with Crippen molar-refractivity contribution in [1.29, 1.82) is 0 Å². The van der Waals surface area contributed by atoms with E-state index in [1.807, 2.05) is 0 Å². The average molecular weight is 258 g/mol. The largest absolute Gasteiger partial charge is 0.481 e. The van der Waals surface area contributed by atoms with Crippen LogP contribution in [0.4, 0.5) is 9.59 Å². The fraction of sp³-hybridized carbons (Fsp3) is 0.700. The third-order valence-electron chi connectivity index (χ3n) is 2.83. The van der Waals surface area contributed by atoms with Crippen LogP contribution >= 0.6 is 0 Å². The van der Waals surface area contributed by atoms with Crippen LogP contribution in [-0.2, 0) is 4.79 Å². The van der Waals surface area contributed by atoms with Crippen molar-refractivity contribution in [3.8, 4) is 0 Å². The highest BCUT2D eigenvalue weighted by Gasteiger charge is 2.30. The number of carbonyl (C=O) groups is 3. The van der Waals surface area contributed by atoms with Gasteiger partial charge in [0.25, 0.3) is 0 Å². The Bertz CT molecular complexity index is 334. The maximum Gasteiger partial charge on any atom is 0.315 e. The van der Waals surface area contributed by atoms with Crippen molar-refractivity contribution in [2.45, 2.75) is 25.3 Å². The monoisotopic (exact) mass is 258 g/mol. The van der Waals surface area contributed by atoms with E-state index in [9.17, 15) is 14.4 Å². The van der Waals surface area contributed by atoms with Crippen LogP contribution in [0.2, 0.25) is 0 Å². The first-order valence-corrected chi connectivity index (χ1v) is 5.79. The van der Waals surface area contributed by atoms with Crippen LogP contribution in [0, 0.1) is 5.92 Å². The summed E-state index contributed by atoms with van der Waals surface area (Å²) in [5.74, 6) is -1.18. The number of carboxylic acid groups (broad SMARTS) is 1. The minimum Gasteiger partial charge on any atom is -0.481 e. The van der Waals surface area contributed by atoms with Gasteiger partial charge in [0.05, 0.1) is 5.92 Å². The van der Waals surface area contributed by atoms with Gasteiger partial charge in [-0.1, -0.05) is 0 Å². The maximum absolute atomic E-state index is 11.4. The topological polar surface area (TPSA) is 134 Å². The highest BCUT2D eigenvalue weighted by Crippen LogP contribution is 2.25. The predicted octanol–water partition coefficient (Wildman–Crippen LogP) is -0.793. The summed E-state index contributed by atoms with van der Waals surface area (Å²) in [6, 6.07) is -1.11. The number of urea groups is 2. The second-order valence-electron chi connectivity index (χ2n) is 4.24. The molecule has 1 rings (SSSR count). The third-order valence-corrected chi connectivity index (χ3v) is 2.83. The number of nitrogens with one attached hydrogen (secondary N) is 3. The normalized spacial score (nSPS) is 22.2. The molecule has 0 aromatic heterocycles. The summed E-state index contributed by atoms with van der Waals surface area (Å²) in [5, 5.41) is 16.4. The number of hydrogen-bond donors (Lipinski definition) is 5. The summed E-state index contributed by atoms with van der Waals surface area (Å²) in [4.78, 5) is 32.5. The highest BCUT2D eigenvalue weighted by atomic mass is 16.4. The molecule has 102 valence electrons. The summed E-state index contributed by atoms with van der Waals surface area (Å²) in [5.41, 5.74) is 4.85. The summed E-state index contributed by atoms with van der Waals surface area (Å²) in [6.07, 6.45) is 1.72. The molecule has 0 saturated heterocycles. The summed E-state index contributed by atoms with van der Waals surface area (Å²) >= 11 is 0. The highest BCUT2D eigenvalue weighted by molar-refractivity contribution is 5.75. The van der Waals surface area contributed by atoms with Crippen molar-refractivity contribution in [3.63, 3.8) is 0 Å². The molecule has 4 amide bonds. The number of rotatable bonds is 5. The Kier molecular flexibility index (Phi) is 5.22. The van der Waals surface area contributed by atoms with Crippen molar-refractivity contribution >= 4 is 18.0 Å². The fourth-order valence-electron chi connectivity index (χ4n) is 1.94.